The molecular formula is C22H30N4O2. The van der Waals surface area contributed by atoms with Gasteiger partial charge in [-0.05, 0) is 43.9 Å². The second-order valence-electron chi connectivity index (χ2n) is 8.18. The van der Waals surface area contributed by atoms with Gasteiger partial charge in [0.25, 0.3) is 0 Å². The van der Waals surface area contributed by atoms with Crippen LogP contribution in [0.3, 0.4) is 0 Å². The SMILES string of the molecule is CCC(=O)N1CCC[C@@H](c2cc3cccn(CC(=O)NC4CCCC4)c-3n2)C1. The molecule has 28 heavy (non-hydrogen) atoms. The van der Waals surface area contributed by atoms with E-state index in [2.05, 4.69) is 17.4 Å². The van der Waals surface area contributed by atoms with Crippen LogP contribution in [0.5, 0.6) is 0 Å². The number of pyridine rings is 1. The predicted octanol–water partition coefficient (Wildman–Crippen LogP) is 3.16. The summed E-state index contributed by atoms with van der Waals surface area (Å²) < 4.78 is 1.95. The lowest BCUT2D eigenvalue weighted by Crippen LogP contribution is -2.38. The van der Waals surface area contributed by atoms with Crippen molar-refractivity contribution in [3.8, 4) is 11.4 Å². The van der Waals surface area contributed by atoms with E-state index in [1.807, 2.05) is 28.7 Å². The van der Waals surface area contributed by atoms with Gasteiger partial charge in [-0.2, -0.15) is 0 Å². The molecule has 0 radical (unpaired) electrons. The molecule has 1 saturated carbocycles. The standard InChI is InChI=1S/C22H30N4O2/c1-2-21(28)25-11-6-8-17(14-25)19-13-16-7-5-12-26(22(16)24-19)15-20(27)23-18-9-3-4-10-18/h5,7,12-13,17-18H,2-4,6,8-11,14-15H2,1H3,(H,23,27)/t17-/m1/s1. The van der Waals surface area contributed by atoms with Crippen LogP contribution in [0.2, 0.25) is 0 Å². The Balaban J connectivity index is 1.49. The number of amides is 2. The summed E-state index contributed by atoms with van der Waals surface area (Å²) in [5.41, 5.74) is 2.10. The maximum absolute atomic E-state index is 12.5. The van der Waals surface area contributed by atoms with Gasteiger partial charge in [-0.15, -0.1) is 0 Å². The maximum atomic E-state index is 12.5. The molecule has 0 aromatic rings. The highest BCUT2D eigenvalue weighted by Gasteiger charge is 2.27. The molecule has 6 nitrogen and oxygen atoms in total. The van der Waals surface area contributed by atoms with Crippen LogP contribution in [-0.4, -0.2) is 45.4 Å². The predicted molar refractivity (Wildman–Crippen MR) is 108 cm³/mol. The Bertz CT molecular complexity index is 809. The monoisotopic (exact) mass is 382 g/mol. The van der Waals surface area contributed by atoms with Gasteiger partial charge in [-0.3, -0.25) is 9.59 Å². The molecule has 1 atom stereocenters. The molecule has 3 heterocycles. The maximum Gasteiger partial charge on any atom is 0.240 e. The minimum absolute atomic E-state index is 0.0614. The van der Waals surface area contributed by atoms with Crippen LogP contribution in [0.15, 0.2) is 24.4 Å². The molecule has 2 amide bonds. The molecule has 1 aliphatic carbocycles. The van der Waals surface area contributed by atoms with Gasteiger partial charge in [0.05, 0.1) is 0 Å². The molecule has 0 spiro atoms. The fourth-order valence-corrected chi connectivity index (χ4v) is 4.62. The third-order valence-electron chi connectivity index (χ3n) is 6.14. The average molecular weight is 383 g/mol. The van der Waals surface area contributed by atoms with Crippen molar-refractivity contribution in [2.75, 3.05) is 13.1 Å². The molecule has 0 aromatic carbocycles. The van der Waals surface area contributed by atoms with E-state index in [-0.39, 0.29) is 17.7 Å². The fraction of sp³-hybridized carbons (Fsp3) is 0.591. The van der Waals surface area contributed by atoms with Crippen LogP contribution in [0, 0.1) is 0 Å². The van der Waals surface area contributed by atoms with E-state index in [1.165, 1.54) is 12.8 Å². The lowest BCUT2D eigenvalue weighted by molar-refractivity contribution is -0.132. The van der Waals surface area contributed by atoms with Crippen molar-refractivity contribution >= 4 is 11.8 Å². The Morgan fingerprint density at radius 1 is 1.21 bits per heavy atom. The van der Waals surface area contributed by atoms with Crippen LogP contribution in [-0.2, 0) is 16.1 Å². The Morgan fingerprint density at radius 2 is 2.04 bits per heavy atom. The van der Waals surface area contributed by atoms with Crippen molar-refractivity contribution in [1.29, 1.82) is 0 Å². The molecule has 2 fully saturated rings. The van der Waals surface area contributed by atoms with Gasteiger partial charge in [-0.1, -0.05) is 19.8 Å². The summed E-state index contributed by atoms with van der Waals surface area (Å²) in [5.74, 6) is 1.42. The quantitative estimate of drug-likeness (QED) is 0.864. The summed E-state index contributed by atoms with van der Waals surface area (Å²) in [6.45, 7) is 3.82. The number of piperidine rings is 1. The average Bonchev–Trinajstić information content (AvgIpc) is 3.37. The Hall–Kier alpha value is -2.37. The number of hydrogen-bond acceptors (Lipinski definition) is 3. The van der Waals surface area contributed by atoms with E-state index < -0.39 is 0 Å². The van der Waals surface area contributed by atoms with Crippen molar-refractivity contribution in [2.45, 2.75) is 70.4 Å². The highest BCUT2D eigenvalue weighted by Crippen LogP contribution is 2.32. The van der Waals surface area contributed by atoms with Crippen LogP contribution in [0.4, 0.5) is 0 Å². The van der Waals surface area contributed by atoms with Crippen LogP contribution in [0.1, 0.15) is 63.5 Å². The van der Waals surface area contributed by atoms with Crippen molar-refractivity contribution in [3.05, 3.63) is 30.1 Å². The van der Waals surface area contributed by atoms with E-state index >= 15 is 0 Å². The highest BCUT2D eigenvalue weighted by molar-refractivity contribution is 5.77. The summed E-state index contributed by atoms with van der Waals surface area (Å²) in [6, 6.07) is 6.49. The Kier molecular flexibility index (Phi) is 5.64. The number of aromatic nitrogens is 2. The number of rotatable bonds is 5. The van der Waals surface area contributed by atoms with Gasteiger partial charge in [0.2, 0.25) is 11.8 Å². The summed E-state index contributed by atoms with van der Waals surface area (Å²) >= 11 is 0. The number of carbonyl (C=O) groups excluding carboxylic acids is 2. The summed E-state index contributed by atoms with van der Waals surface area (Å²) in [7, 11) is 0. The number of carbonyl (C=O) groups is 2. The second kappa shape index (κ2) is 8.33. The van der Waals surface area contributed by atoms with Crippen molar-refractivity contribution in [2.24, 2.45) is 0 Å². The molecule has 3 aliphatic heterocycles. The first-order chi connectivity index (χ1) is 13.6. The molecule has 0 bridgehead atoms. The lowest BCUT2D eigenvalue weighted by atomic mass is 9.94. The zero-order valence-corrected chi connectivity index (χ0v) is 16.7. The Morgan fingerprint density at radius 3 is 2.82 bits per heavy atom. The minimum atomic E-state index is 0.0614. The largest absolute Gasteiger partial charge is 0.352 e. The van der Waals surface area contributed by atoms with Crippen LogP contribution in [0.25, 0.3) is 11.4 Å². The van der Waals surface area contributed by atoms with Crippen LogP contribution >= 0.6 is 0 Å². The number of hydrogen-bond donors (Lipinski definition) is 1. The molecule has 150 valence electrons. The third-order valence-corrected chi connectivity index (χ3v) is 6.14. The first-order valence-corrected chi connectivity index (χ1v) is 10.7. The fourth-order valence-electron chi connectivity index (χ4n) is 4.62. The molecule has 0 aromatic heterocycles. The second-order valence-corrected chi connectivity index (χ2v) is 8.18. The molecule has 4 rings (SSSR count). The number of fused-ring (bicyclic) bond motifs is 1. The van der Waals surface area contributed by atoms with Crippen molar-refractivity contribution in [3.63, 3.8) is 0 Å². The summed E-state index contributed by atoms with van der Waals surface area (Å²) in [6.07, 6.45) is 9.16. The zero-order valence-electron chi connectivity index (χ0n) is 16.7. The Labute approximate surface area is 166 Å². The van der Waals surface area contributed by atoms with E-state index in [0.717, 1.165) is 55.9 Å². The van der Waals surface area contributed by atoms with Gasteiger partial charge in [0, 0.05) is 48.9 Å². The number of nitrogens with one attached hydrogen (secondary N) is 1. The smallest absolute Gasteiger partial charge is 0.240 e. The minimum Gasteiger partial charge on any atom is -0.352 e. The van der Waals surface area contributed by atoms with Crippen molar-refractivity contribution in [1.82, 2.24) is 19.8 Å². The third kappa shape index (κ3) is 4.05. The highest BCUT2D eigenvalue weighted by atomic mass is 16.2. The topological polar surface area (TPSA) is 67.2 Å². The van der Waals surface area contributed by atoms with Crippen LogP contribution < -0.4 is 5.32 Å². The van der Waals surface area contributed by atoms with Gasteiger partial charge in [0.15, 0.2) is 0 Å². The lowest BCUT2D eigenvalue weighted by Gasteiger charge is -2.32. The molecule has 0 unspecified atom stereocenters. The van der Waals surface area contributed by atoms with Gasteiger partial charge in [0.1, 0.15) is 12.4 Å². The van der Waals surface area contributed by atoms with Gasteiger partial charge >= 0.3 is 0 Å². The van der Waals surface area contributed by atoms with E-state index in [1.54, 1.807) is 0 Å². The summed E-state index contributed by atoms with van der Waals surface area (Å²) in [4.78, 5) is 31.4. The molecule has 1 saturated heterocycles. The van der Waals surface area contributed by atoms with Gasteiger partial charge < -0.3 is 14.8 Å². The molecule has 6 heteroatoms. The summed E-state index contributed by atoms with van der Waals surface area (Å²) in [5, 5.41) is 3.16. The molecular weight excluding hydrogens is 352 g/mol. The van der Waals surface area contributed by atoms with E-state index in [4.69, 9.17) is 4.98 Å². The molecule has 4 aliphatic rings. The first-order valence-electron chi connectivity index (χ1n) is 10.7. The molecule has 1 N–H and O–H groups in total. The van der Waals surface area contributed by atoms with E-state index in [9.17, 15) is 9.59 Å². The van der Waals surface area contributed by atoms with E-state index in [0.29, 0.717) is 19.0 Å². The normalized spacial score (nSPS) is 20.6. The van der Waals surface area contributed by atoms with Gasteiger partial charge in [-0.25, -0.2) is 4.98 Å². The zero-order chi connectivity index (χ0) is 19.5. The number of nitrogens with zero attached hydrogens (tertiary/aromatic N) is 3. The number of likely N-dealkylation sites (tertiary alicyclic amines) is 1. The van der Waals surface area contributed by atoms with Crippen molar-refractivity contribution < 1.29 is 9.59 Å². The first kappa shape index (κ1) is 19.0.